The molecule has 23 heavy (non-hydrogen) atoms. The highest BCUT2D eigenvalue weighted by Crippen LogP contribution is 2.22. The van der Waals surface area contributed by atoms with Gasteiger partial charge < -0.3 is 9.80 Å². The molecule has 0 spiro atoms. The first kappa shape index (κ1) is 15.5. The molecular formula is C16H22N6O. The molecule has 1 atom stereocenters. The number of carbonyl (C=O) groups excluding carboxylic acids is 1. The zero-order valence-corrected chi connectivity index (χ0v) is 13.6. The van der Waals surface area contributed by atoms with Crippen molar-refractivity contribution >= 4 is 11.9 Å². The second kappa shape index (κ2) is 6.76. The van der Waals surface area contributed by atoms with Crippen molar-refractivity contribution in [2.24, 2.45) is 13.0 Å². The summed E-state index contributed by atoms with van der Waals surface area (Å²) >= 11 is 0. The standard InChI is InChI=1S/C16H22N6O/c1-20(10-13-9-19-21(2)11-13)15(23)14-5-3-8-22(12-14)16-17-6-4-7-18-16/h4,6-7,9,11,14H,3,5,8,10,12H2,1-2H3/t14-/m0/s1. The van der Waals surface area contributed by atoms with Crippen molar-refractivity contribution in [3.63, 3.8) is 0 Å². The molecule has 0 unspecified atom stereocenters. The molecule has 7 nitrogen and oxygen atoms in total. The van der Waals surface area contributed by atoms with Gasteiger partial charge in [-0.1, -0.05) is 0 Å². The minimum Gasteiger partial charge on any atom is -0.341 e. The molecule has 1 amide bonds. The topological polar surface area (TPSA) is 67.2 Å². The Labute approximate surface area is 135 Å². The smallest absolute Gasteiger partial charge is 0.227 e. The van der Waals surface area contributed by atoms with Crippen LogP contribution < -0.4 is 4.90 Å². The van der Waals surface area contributed by atoms with Gasteiger partial charge >= 0.3 is 0 Å². The molecule has 0 bridgehead atoms. The van der Waals surface area contributed by atoms with Gasteiger partial charge in [0.1, 0.15) is 0 Å². The van der Waals surface area contributed by atoms with E-state index >= 15 is 0 Å². The molecule has 7 heteroatoms. The minimum absolute atomic E-state index is 0.00534. The predicted molar refractivity (Wildman–Crippen MR) is 86.7 cm³/mol. The van der Waals surface area contributed by atoms with Crippen molar-refractivity contribution in [2.45, 2.75) is 19.4 Å². The average molecular weight is 314 g/mol. The molecule has 1 aliphatic heterocycles. The molecule has 0 radical (unpaired) electrons. The summed E-state index contributed by atoms with van der Waals surface area (Å²) in [5, 5.41) is 4.15. The second-order valence-corrected chi connectivity index (χ2v) is 6.05. The average Bonchev–Trinajstić information content (AvgIpc) is 3.00. The first-order chi connectivity index (χ1) is 11.1. The van der Waals surface area contributed by atoms with E-state index in [4.69, 9.17) is 0 Å². The van der Waals surface area contributed by atoms with Crippen LogP contribution in [0.1, 0.15) is 18.4 Å². The fourth-order valence-corrected chi connectivity index (χ4v) is 3.03. The van der Waals surface area contributed by atoms with Gasteiger partial charge in [0.2, 0.25) is 11.9 Å². The van der Waals surface area contributed by atoms with Crippen LogP contribution >= 0.6 is 0 Å². The highest BCUT2D eigenvalue weighted by Gasteiger charge is 2.29. The summed E-state index contributed by atoms with van der Waals surface area (Å²) in [6, 6.07) is 1.80. The van der Waals surface area contributed by atoms with Crippen LogP contribution in [0.15, 0.2) is 30.9 Å². The van der Waals surface area contributed by atoms with Gasteiger partial charge in [-0.3, -0.25) is 9.48 Å². The molecule has 1 aliphatic rings. The number of hydrogen-bond donors (Lipinski definition) is 0. The maximum Gasteiger partial charge on any atom is 0.227 e. The maximum atomic E-state index is 12.7. The van der Waals surface area contributed by atoms with Crippen LogP contribution in [0.2, 0.25) is 0 Å². The fraction of sp³-hybridized carbons (Fsp3) is 0.500. The van der Waals surface area contributed by atoms with Crippen molar-refractivity contribution in [2.75, 3.05) is 25.0 Å². The molecule has 0 saturated carbocycles. The Balaban J connectivity index is 1.62. The van der Waals surface area contributed by atoms with Crippen molar-refractivity contribution in [1.82, 2.24) is 24.6 Å². The van der Waals surface area contributed by atoms with Gasteiger partial charge in [-0.15, -0.1) is 0 Å². The first-order valence-electron chi connectivity index (χ1n) is 7.88. The lowest BCUT2D eigenvalue weighted by Crippen LogP contribution is -2.44. The van der Waals surface area contributed by atoms with Gasteiger partial charge in [-0.2, -0.15) is 5.10 Å². The monoisotopic (exact) mass is 314 g/mol. The number of piperidine rings is 1. The summed E-state index contributed by atoms with van der Waals surface area (Å²) in [6.07, 6.45) is 9.11. The summed E-state index contributed by atoms with van der Waals surface area (Å²) in [7, 11) is 3.73. The number of hydrogen-bond acceptors (Lipinski definition) is 5. The van der Waals surface area contributed by atoms with Crippen molar-refractivity contribution in [3.8, 4) is 0 Å². The van der Waals surface area contributed by atoms with Gasteiger partial charge in [-0.25, -0.2) is 9.97 Å². The molecule has 3 rings (SSSR count). The highest BCUT2D eigenvalue weighted by molar-refractivity contribution is 5.79. The van der Waals surface area contributed by atoms with Crippen LogP contribution in [-0.2, 0) is 18.4 Å². The molecular weight excluding hydrogens is 292 g/mol. The Morgan fingerprint density at radius 3 is 2.87 bits per heavy atom. The molecule has 1 fully saturated rings. The Morgan fingerprint density at radius 1 is 1.39 bits per heavy atom. The van der Waals surface area contributed by atoms with Crippen molar-refractivity contribution in [1.29, 1.82) is 0 Å². The normalized spacial score (nSPS) is 18.0. The van der Waals surface area contributed by atoms with Gasteiger partial charge in [0.25, 0.3) is 0 Å². The SMILES string of the molecule is CN(Cc1cnn(C)c1)C(=O)[C@H]1CCCN(c2ncccn2)C1. The highest BCUT2D eigenvalue weighted by atomic mass is 16.2. The minimum atomic E-state index is -0.00534. The predicted octanol–water partition coefficient (Wildman–Crippen LogP) is 1.09. The van der Waals surface area contributed by atoms with Crippen LogP contribution in [0.3, 0.4) is 0 Å². The first-order valence-corrected chi connectivity index (χ1v) is 7.88. The number of anilines is 1. The zero-order chi connectivity index (χ0) is 16.2. The zero-order valence-electron chi connectivity index (χ0n) is 13.6. The maximum absolute atomic E-state index is 12.7. The molecule has 0 aliphatic carbocycles. The molecule has 122 valence electrons. The van der Waals surface area contributed by atoms with E-state index in [1.54, 1.807) is 34.2 Å². The Morgan fingerprint density at radius 2 is 2.17 bits per heavy atom. The van der Waals surface area contributed by atoms with Crippen LogP contribution in [-0.4, -0.2) is 50.7 Å². The summed E-state index contributed by atoms with van der Waals surface area (Å²) in [6.45, 7) is 2.17. The molecule has 2 aromatic heterocycles. The van der Waals surface area contributed by atoms with Crippen LogP contribution in [0, 0.1) is 5.92 Å². The number of nitrogens with zero attached hydrogens (tertiary/aromatic N) is 6. The van der Waals surface area contributed by atoms with E-state index in [-0.39, 0.29) is 11.8 Å². The number of aromatic nitrogens is 4. The summed E-state index contributed by atoms with van der Waals surface area (Å²) in [5.74, 6) is 0.878. The Bertz CT molecular complexity index is 656. The van der Waals surface area contributed by atoms with E-state index in [2.05, 4.69) is 20.0 Å². The van der Waals surface area contributed by atoms with Crippen molar-refractivity contribution in [3.05, 3.63) is 36.4 Å². The lowest BCUT2D eigenvalue weighted by atomic mass is 9.96. The van der Waals surface area contributed by atoms with Gasteiger partial charge in [0.05, 0.1) is 12.1 Å². The van der Waals surface area contributed by atoms with E-state index < -0.39 is 0 Å². The fourth-order valence-electron chi connectivity index (χ4n) is 3.03. The van der Waals surface area contributed by atoms with Crippen LogP contribution in [0.25, 0.3) is 0 Å². The van der Waals surface area contributed by atoms with E-state index in [0.717, 1.165) is 24.9 Å². The lowest BCUT2D eigenvalue weighted by molar-refractivity contribution is -0.135. The summed E-state index contributed by atoms with van der Waals surface area (Å²) < 4.78 is 1.75. The third kappa shape index (κ3) is 3.67. The lowest BCUT2D eigenvalue weighted by Gasteiger charge is -2.33. The molecule has 2 aromatic rings. The van der Waals surface area contributed by atoms with E-state index in [9.17, 15) is 4.79 Å². The van der Waals surface area contributed by atoms with E-state index in [1.165, 1.54) is 0 Å². The van der Waals surface area contributed by atoms with Gasteiger partial charge in [0.15, 0.2) is 0 Å². The summed E-state index contributed by atoms with van der Waals surface area (Å²) in [5.41, 5.74) is 1.04. The molecule has 0 aromatic carbocycles. The molecule has 1 saturated heterocycles. The van der Waals surface area contributed by atoms with Gasteiger partial charge in [0, 0.05) is 57.9 Å². The number of amides is 1. The third-order valence-electron chi connectivity index (χ3n) is 4.16. The van der Waals surface area contributed by atoms with E-state index in [0.29, 0.717) is 19.0 Å². The van der Waals surface area contributed by atoms with Gasteiger partial charge in [-0.05, 0) is 18.9 Å². The Hall–Kier alpha value is -2.44. The van der Waals surface area contributed by atoms with E-state index in [1.807, 2.05) is 20.3 Å². The molecule has 0 N–H and O–H groups in total. The number of aryl methyl sites for hydroxylation is 1. The summed E-state index contributed by atoms with van der Waals surface area (Å²) in [4.78, 5) is 25.2. The molecule has 3 heterocycles. The van der Waals surface area contributed by atoms with Crippen molar-refractivity contribution < 1.29 is 4.79 Å². The number of carbonyl (C=O) groups is 1. The number of rotatable bonds is 4. The van der Waals surface area contributed by atoms with Crippen LogP contribution in [0.4, 0.5) is 5.95 Å². The Kier molecular flexibility index (Phi) is 4.55. The second-order valence-electron chi connectivity index (χ2n) is 6.05. The van der Waals surface area contributed by atoms with Crippen LogP contribution in [0.5, 0.6) is 0 Å². The third-order valence-corrected chi connectivity index (χ3v) is 4.16. The largest absolute Gasteiger partial charge is 0.341 e. The quantitative estimate of drug-likeness (QED) is 0.845.